The molecular formula is C10H16Cl2Ir-2. The van der Waals surface area contributed by atoms with Crippen LogP contribution in [0, 0.1) is 5.92 Å². The largest absolute Gasteiger partial charge is 1.00 e. The Kier molecular flexibility index (Phi) is 10.5. The molecule has 0 spiro atoms. The fourth-order valence-corrected chi connectivity index (χ4v) is 1.57. The summed E-state index contributed by atoms with van der Waals surface area (Å²) in [6.45, 7) is 11.2. The van der Waals surface area contributed by atoms with Crippen molar-refractivity contribution in [1.82, 2.24) is 0 Å². The van der Waals surface area contributed by atoms with Crippen LogP contribution in [0.25, 0.3) is 0 Å². The molecule has 0 saturated carbocycles. The van der Waals surface area contributed by atoms with Crippen molar-refractivity contribution < 1.29 is 44.9 Å². The van der Waals surface area contributed by atoms with Crippen LogP contribution in [-0.4, -0.2) is 0 Å². The summed E-state index contributed by atoms with van der Waals surface area (Å²) in [5, 5.41) is 0. The van der Waals surface area contributed by atoms with E-state index in [1.807, 2.05) is 0 Å². The third-order valence-electron chi connectivity index (χ3n) is 3.04. The molecule has 0 fully saturated rings. The molecule has 0 N–H and O–H groups in total. The molecule has 0 aromatic carbocycles. The summed E-state index contributed by atoms with van der Waals surface area (Å²) in [7, 11) is 0. The second-order valence-electron chi connectivity index (χ2n) is 3.34. The third-order valence-corrected chi connectivity index (χ3v) is 3.04. The molecule has 0 bridgehead atoms. The van der Waals surface area contributed by atoms with E-state index in [0.717, 1.165) is 0 Å². The summed E-state index contributed by atoms with van der Waals surface area (Å²) < 4.78 is 0. The van der Waals surface area contributed by atoms with Gasteiger partial charge in [-0.1, -0.05) is 18.1 Å². The molecule has 0 saturated heterocycles. The third kappa shape index (κ3) is 3.40. The van der Waals surface area contributed by atoms with E-state index in [9.17, 15) is 0 Å². The van der Waals surface area contributed by atoms with Crippen LogP contribution in [0.3, 0.4) is 0 Å². The Morgan fingerprint density at radius 3 is 1.08 bits per heavy atom. The van der Waals surface area contributed by atoms with Crippen molar-refractivity contribution >= 4 is 0 Å². The molecule has 1 aliphatic rings. The second kappa shape index (κ2) is 7.06. The van der Waals surface area contributed by atoms with Gasteiger partial charge < -0.3 is 24.8 Å². The van der Waals surface area contributed by atoms with Crippen molar-refractivity contribution in [1.29, 1.82) is 0 Å². The smallest absolute Gasteiger partial charge is 0 e. The molecule has 0 aliphatic heterocycles. The van der Waals surface area contributed by atoms with Crippen LogP contribution in [0.4, 0.5) is 0 Å². The molecule has 1 rings (SSSR count). The molecular weight excluding hydrogens is 383 g/mol. The maximum absolute atomic E-state index is 2.28. The number of hydrogen-bond donors (Lipinski definition) is 0. The van der Waals surface area contributed by atoms with E-state index < -0.39 is 0 Å². The Labute approximate surface area is 107 Å². The number of rotatable bonds is 0. The molecule has 0 atom stereocenters. The second-order valence-corrected chi connectivity index (χ2v) is 3.34. The van der Waals surface area contributed by atoms with Gasteiger partial charge in [0.05, 0.1) is 0 Å². The molecule has 13 heavy (non-hydrogen) atoms. The van der Waals surface area contributed by atoms with Crippen LogP contribution in [0.1, 0.15) is 34.6 Å². The molecule has 0 amide bonds. The van der Waals surface area contributed by atoms with Crippen LogP contribution >= 0.6 is 0 Å². The number of hydrogen-bond acceptors (Lipinski definition) is 0. The minimum atomic E-state index is 0. The van der Waals surface area contributed by atoms with Gasteiger partial charge in [0.15, 0.2) is 0 Å². The van der Waals surface area contributed by atoms with Gasteiger partial charge in [-0.3, -0.25) is 0 Å². The number of allylic oxidation sites excluding steroid dienone is 4. The zero-order chi connectivity index (χ0) is 7.89. The summed E-state index contributed by atoms with van der Waals surface area (Å²) in [6, 6.07) is 0. The van der Waals surface area contributed by atoms with Gasteiger partial charge in [0.2, 0.25) is 0 Å². The first-order valence-electron chi connectivity index (χ1n) is 3.90. The van der Waals surface area contributed by atoms with Gasteiger partial charge in [0.1, 0.15) is 0 Å². The Morgan fingerprint density at radius 2 is 1.00 bits per heavy atom. The van der Waals surface area contributed by atoms with E-state index in [-0.39, 0.29) is 44.9 Å². The average Bonchev–Trinajstić information content (AvgIpc) is 2.07. The summed E-state index contributed by atoms with van der Waals surface area (Å²) in [4.78, 5) is 0. The molecule has 0 aromatic heterocycles. The van der Waals surface area contributed by atoms with Gasteiger partial charge in [0, 0.05) is 20.1 Å². The minimum absolute atomic E-state index is 0. The van der Waals surface area contributed by atoms with Crippen LogP contribution in [-0.2, 0) is 20.1 Å². The Morgan fingerprint density at radius 1 is 0.769 bits per heavy atom. The van der Waals surface area contributed by atoms with Crippen molar-refractivity contribution in [3.63, 3.8) is 0 Å². The van der Waals surface area contributed by atoms with Gasteiger partial charge in [-0.2, -0.15) is 0 Å². The fourth-order valence-electron chi connectivity index (χ4n) is 1.57. The van der Waals surface area contributed by atoms with E-state index in [2.05, 4.69) is 34.6 Å². The van der Waals surface area contributed by atoms with Crippen molar-refractivity contribution in [3.05, 3.63) is 22.3 Å². The first-order valence-corrected chi connectivity index (χ1v) is 3.90. The van der Waals surface area contributed by atoms with E-state index in [1.54, 1.807) is 11.1 Å². The van der Waals surface area contributed by atoms with E-state index >= 15 is 0 Å². The Balaban J connectivity index is -0.000000333. The van der Waals surface area contributed by atoms with Gasteiger partial charge in [-0.25, -0.2) is 0 Å². The molecule has 3 heteroatoms. The maximum atomic E-state index is 2.28. The Hall–Kier alpha value is 0.709. The van der Waals surface area contributed by atoms with Crippen LogP contribution in [0.5, 0.6) is 0 Å². The monoisotopic (exact) mass is 399 g/mol. The first-order chi connectivity index (χ1) is 4.55. The summed E-state index contributed by atoms with van der Waals surface area (Å²) in [6.07, 6.45) is 0. The van der Waals surface area contributed by atoms with Gasteiger partial charge in [-0.15, -0.1) is 0 Å². The Bertz CT molecular complexity index is 205. The normalized spacial score (nSPS) is 16.4. The van der Waals surface area contributed by atoms with Crippen LogP contribution < -0.4 is 24.8 Å². The van der Waals surface area contributed by atoms with Gasteiger partial charge in [-0.05, 0) is 44.8 Å². The first kappa shape index (κ1) is 19.3. The van der Waals surface area contributed by atoms with Gasteiger partial charge >= 0.3 is 0 Å². The van der Waals surface area contributed by atoms with E-state index in [0.29, 0.717) is 5.92 Å². The van der Waals surface area contributed by atoms with Crippen molar-refractivity contribution in [2.24, 2.45) is 5.92 Å². The predicted octanol–water partition coefficient (Wildman–Crippen LogP) is -2.69. The molecule has 81 valence electrons. The van der Waals surface area contributed by atoms with E-state index in [4.69, 9.17) is 0 Å². The predicted molar refractivity (Wildman–Crippen MR) is 45.9 cm³/mol. The van der Waals surface area contributed by atoms with Crippen molar-refractivity contribution in [3.8, 4) is 0 Å². The number of halogens is 2. The minimum Gasteiger partial charge on any atom is -1.00 e. The van der Waals surface area contributed by atoms with Crippen LogP contribution in [0.15, 0.2) is 22.3 Å². The van der Waals surface area contributed by atoms with Crippen LogP contribution in [0.2, 0.25) is 0 Å². The van der Waals surface area contributed by atoms with E-state index in [1.165, 1.54) is 11.1 Å². The average molecular weight is 399 g/mol. The molecule has 0 heterocycles. The summed E-state index contributed by atoms with van der Waals surface area (Å²) in [5.74, 6) is 0.694. The van der Waals surface area contributed by atoms with Crippen molar-refractivity contribution in [2.75, 3.05) is 0 Å². The zero-order valence-electron chi connectivity index (χ0n) is 8.67. The molecule has 1 radical (unpaired) electrons. The molecule has 0 unspecified atom stereocenters. The quantitative estimate of drug-likeness (QED) is 0.417. The fraction of sp³-hybridized carbons (Fsp3) is 0.600. The standard InChI is InChI=1S/C10H16.2ClH.Ir/c1-6-7(2)9(4)10(5)8(6)3;;;/h6H,1-5H3;2*1H;/p-2. The zero-order valence-corrected chi connectivity index (χ0v) is 12.6. The van der Waals surface area contributed by atoms with Crippen molar-refractivity contribution in [2.45, 2.75) is 34.6 Å². The molecule has 0 nitrogen and oxygen atoms in total. The molecule has 0 aromatic rings. The summed E-state index contributed by atoms with van der Waals surface area (Å²) in [5.41, 5.74) is 6.11. The summed E-state index contributed by atoms with van der Waals surface area (Å²) >= 11 is 0. The topological polar surface area (TPSA) is 0 Å². The van der Waals surface area contributed by atoms with Gasteiger partial charge in [0.25, 0.3) is 0 Å². The maximum Gasteiger partial charge on any atom is 0 e. The SMILES string of the molecule is CC1=C(C)C(C)C(C)=C1C.[Cl-].[Cl-].[Ir]. The molecule has 1 aliphatic carbocycles.